The molecule has 302 valence electrons. The van der Waals surface area contributed by atoms with Crippen LogP contribution in [0.25, 0.3) is 33.4 Å². The van der Waals surface area contributed by atoms with E-state index in [0.29, 0.717) is 28.8 Å². The van der Waals surface area contributed by atoms with Gasteiger partial charge in [-0.1, -0.05) is 53.9 Å². The zero-order valence-corrected chi connectivity index (χ0v) is 33.5. The smallest absolute Gasteiger partial charge is 0.204 e. The topological polar surface area (TPSA) is 59.8 Å². The van der Waals surface area contributed by atoms with Gasteiger partial charge in [0.25, 0.3) is 0 Å². The van der Waals surface area contributed by atoms with Gasteiger partial charge in [0.1, 0.15) is 13.1 Å². The van der Waals surface area contributed by atoms with Crippen LogP contribution in [0.15, 0.2) is 24.3 Å². The van der Waals surface area contributed by atoms with E-state index in [1.807, 2.05) is 20.8 Å². The Bertz CT molecular complexity index is 1770. The lowest BCUT2D eigenvalue weighted by molar-refractivity contribution is -0.927. The Balaban J connectivity index is 0.00000127. The van der Waals surface area contributed by atoms with Gasteiger partial charge >= 0.3 is 0 Å². The lowest BCUT2D eigenvalue weighted by atomic mass is 9.85. The minimum atomic E-state index is -1.64. The fourth-order valence-corrected chi connectivity index (χ4v) is 6.67. The number of rotatable bonds is 12. The molecule has 0 saturated carbocycles. The third-order valence-corrected chi connectivity index (χ3v) is 9.20. The summed E-state index contributed by atoms with van der Waals surface area (Å²) in [5, 5.41) is 0. The molecule has 1 aliphatic rings. The van der Waals surface area contributed by atoms with Gasteiger partial charge in [-0.15, -0.1) is 0 Å². The van der Waals surface area contributed by atoms with E-state index in [1.165, 1.54) is 55.5 Å². The van der Waals surface area contributed by atoms with Crippen molar-refractivity contribution >= 4 is 0 Å². The predicted molar refractivity (Wildman–Crippen MR) is 202 cm³/mol. The minimum absolute atomic E-state index is 0.0316. The van der Waals surface area contributed by atoms with Crippen LogP contribution in [0.2, 0.25) is 0 Å². The van der Waals surface area contributed by atoms with Crippen molar-refractivity contribution in [3.05, 3.63) is 70.3 Å². The molecule has 0 spiro atoms. The molecular formula is C42H52F6NO6+. The highest BCUT2D eigenvalue weighted by molar-refractivity contribution is 5.98. The molecule has 0 saturated heterocycles. The summed E-state index contributed by atoms with van der Waals surface area (Å²) in [7, 11) is 8.17. The summed E-state index contributed by atoms with van der Waals surface area (Å²) in [4.78, 5) is 0.902. The number of hydrogen-bond donors (Lipinski definition) is 1. The normalized spacial score (nSPS) is 11.9. The van der Waals surface area contributed by atoms with E-state index in [9.17, 15) is 26.3 Å². The van der Waals surface area contributed by atoms with Crippen LogP contribution in [-0.2, 0) is 13.1 Å². The lowest BCUT2D eigenvalue weighted by Gasteiger charge is -2.26. The average Bonchev–Trinajstić information content (AvgIpc) is 3.36. The van der Waals surface area contributed by atoms with Crippen molar-refractivity contribution in [2.24, 2.45) is 0 Å². The van der Waals surface area contributed by atoms with Gasteiger partial charge < -0.3 is 33.3 Å². The van der Waals surface area contributed by atoms with Crippen LogP contribution in [0.1, 0.15) is 71.4 Å². The molecule has 4 aromatic rings. The number of fused-ring (bicyclic) bond motifs is 3. The Morgan fingerprint density at radius 3 is 1.00 bits per heavy atom. The summed E-state index contributed by atoms with van der Waals surface area (Å²) in [6.45, 7) is 11.3. The molecule has 0 atom stereocenters. The highest BCUT2D eigenvalue weighted by Crippen LogP contribution is 2.60. The van der Waals surface area contributed by atoms with E-state index in [0.717, 1.165) is 42.0 Å². The molecule has 13 heteroatoms. The second-order valence-corrected chi connectivity index (χ2v) is 12.4. The highest BCUT2D eigenvalue weighted by atomic mass is 19.2. The fourth-order valence-electron chi connectivity index (χ4n) is 6.67. The van der Waals surface area contributed by atoms with E-state index in [-0.39, 0.29) is 69.8 Å². The second-order valence-electron chi connectivity index (χ2n) is 12.4. The molecule has 0 aliphatic carbocycles. The number of nitrogens with one attached hydrogen (secondary N) is 1. The summed E-state index contributed by atoms with van der Waals surface area (Å²) in [6, 6.07) is 3.45. The molecular weight excluding hydrogens is 728 g/mol. The first-order valence-corrected chi connectivity index (χ1v) is 18.3. The number of methoxy groups -OCH3 is 6. The summed E-state index contributed by atoms with van der Waals surface area (Å²) in [6.07, 6.45) is 4.20. The van der Waals surface area contributed by atoms with E-state index >= 15 is 0 Å². The van der Waals surface area contributed by atoms with Crippen LogP contribution in [0.3, 0.4) is 0 Å². The largest absolute Gasteiger partial charge is 0.492 e. The SMILES string of the molecule is CC.CCCC.CCCC[NH+]1Cc2c(-c3cc(F)c(F)c(F)c3)c(OC)c(OC)c(OC)c2-c2c(c(-c3cc(F)c(F)c(F)c3)c(OC)c(OC)c2OC)C1. The van der Waals surface area contributed by atoms with Gasteiger partial charge in [-0.05, 0) is 41.8 Å². The van der Waals surface area contributed by atoms with Crippen molar-refractivity contribution in [2.75, 3.05) is 49.2 Å². The molecule has 1 N–H and O–H groups in total. The zero-order chi connectivity index (χ0) is 41.1. The third-order valence-electron chi connectivity index (χ3n) is 9.20. The monoisotopic (exact) mass is 780 g/mol. The summed E-state index contributed by atoms with van der Waals surface area (Å²) >= 11 is 0. The molecule has 1 aliphatic heterocycles. The molecule has 0 unspecified atom stereocenters. The van der Waals surface area contributed by atoms with E-state index in [2.05, 4.69) is 13.8 Å². The number of ether oxygens (including phenoxy) is 6. The number of hydrogen-bond acceptors (Lipinski definition) is 6. The van der Waals surface area contributed by atoms with Gasteiger partial charge in [-0.2, -0.15) is 0 Å². The quantitative estimate of drug-likeness (QED) is 0.114. The van der Waals surface area contributed by atoms with Gasteiger partial charge in [0.05, 0.1) is 49.2 Å². The van der Waals surface area contributed by atoms with E-state index < -0.39 is 34.9 Å². The fraction of sp³-hybridized carbons (Fsp3) is 0.429. The molecule has 0 radical (unpaired) electrons. The Morgan fingerprint density at radius 2 is 0.745 bits per heavy atom. The van der Waals surface area contributed by atoms with Crippen molar-refractivity contribution < 1.29 is 59.7 Å². The summed E-state index contributed by atoms with van der Waals surface area (Å²) < 4.78 is 123. The first kappa shape index (κ1) is 44.6. The van der Waals surface area contributed by atoms with Crippen molar-refractivity contribution in [3.63, 3.8) is 0 Å². The second kappa shape index (κ2) is 20.2. The highest BCUT2D eigenvalue weighted by Gasteiger charge is 2.40. The number of unbranched alkanes of at least 4 members (excludes halogenated alkanes) is 2. The maximum atomic E-state index is 14.9. The minimum Gasteiger partial charge on any atom is -0.492 e. The molecule has 4 aromatic carbocycles. The Labute approximate surface area is 320 Å². The Kier molecular flexibility index (Phi) is 16.4. The van der Waals surface area contributed by atoms with Crippen molar-refractivity contribution in [1.82, 2.24) is 0 Å². The molecule has 1 heterocycles. The first-order valence-electron chi connectivity index (χ1n) is 18.3. The van der Waals surface area contributed by atoms with Gasteiger partial charge in [-0.3, -0.25) is 0 Å². The zero-order valence-electron chi connectivity index (χ0n) is 33.5. The van der Waals surface area contributed by atoms with Crippen LogP contribution in [-0.4, -0.2) is 49.2 Å². The third kappa shape index (κ3) is 8.71. The maximum Gasteiger partial charge on any atom is 0.204 e. The van der Waals surface area contributed by atoms with Gasteiger partial charge in [0, 0.05) is 33.4 Å². The molecule has 7 nitrogen and oxygen atoms in total. The van der Waals surface area contributed by atoms with Gasteiger partial charge in [-0.25, -0.2) is 26.3 Å². The standard InChI is InChI=1S/C36H35F6NO6.C4H10.C2H6/c1-8-9-10-43-15-19-25(17-11-21(37)29(41)22(38)12-17)31(44-2)35(48-6)33(46-4)27(19)28-20(16-43)26(18-13-23(39)30(42)24(40)14-18)32(45-3)36(49-7)34(28)47-5;1-3-4-2;1-2/h11-14H,8-10,15-16H2,1-7H3;3-4H2,1-2H3;1-2H3/p+1. The molecule has 0 aromatic heterocycles. The van der Waals surface area contributed by atoms with Crippen molar-refractivity contribution in [2.45, 2.75) is 73.4 Å². The van der Waals surface area contributed by atoms with Crippen LogP contribution in [0.4, 0.5) is 26.3 Å². The van der Waals surface area contributed by atoms with Crippen LogP contribution < -0.4 is 33.3 Å². The Morgan fingerprint density at radius 1 is 0.455 bits per heavy atom. The first-order chi connectivity index (χ1) is 26.4. The van der Waals surface area contributed by atoms with Crippen LogP contribution >= 0.6 is 0 Å². The summed E-state index contributed by atoms with van der Waals surface area (Å²) in [5.41, 5.74) is 1.83. The van der Waals surface area contributed by atoms with Gasteiger partial charge in [0.15, 0.2) is 57.9 Å². The average molecular weight is 781 g/mol. The number of benzene rings is 4. The van der Waals surface area contributed by atoms with Crippen LogP contribution in [0, 0.1) is 34.9 Å². The maximum absolute atomic E-state index is 14.9. The van der Waals surface area contributed by atoms with E-state index in [4.69, 9.17) is 28.4 Å². The molecule has 55 heavy (non-hydrogen) atoms. The molecule has 0 amide bonds. The predicted octanol–water partition coefficient (Wildman–Crippen LogP) is 10.1. The van der Waals surface area contributed by atoms with Gasteiger partial charge in [0.2, 0.25) is 11.5 Å². The lowest BCUT2D eigenvalue weighted by Crippen LogP contribution is -3.09. The molecule has 5 rings (SSSR count). The molecule has 0 fully saturated rings. The van der Waals surface area contributed by atoms with Crippen molar-refractivity contribution in [3.8, 4) is 67.9 Å². The molecule has 0 bridgehead atoms. The van der Waals surface area contributed by atoms with E-state index in [1.54, 1.807) is 0 Å². The Hall–Kier alpha value is -4.78. The van der Waals surface area contributed by atoms with Crippen molar-refractivity contribution in [1.29, 1.82) is 0 Å². The number of halogens is 6. The number of quaternary nitrogens is 1. The summed E-state index contributed by atoms with van der Waals surface area (Å²) in [5.74, 6) is -8.52. The van der Waals surface area contributed by atoms with Crippen LogP contribution in [0.5, 0.6) is 34.5 Å².